The maximum atomic E-state index is 6.05. The predicted octanol–water partition coefficient (Wildman–Crippen LogP) is 9.58. The van der Waals surface area contributed by atoms with Crippen LogP contribution in [0.25, 0.3) is 60.8 Å². The van der Waals surface area contributed by atoms with E-state index in [1.807, 2.05) is 13.0 Å². The molecule has 0 radical (unpaired) electrons. The van der Waals surface area contributed by atoms with Crippen molar-refractivity contribution in [3.05, 3.63) is 127 Å². The van der Waals surface area contributed by atoms with Gasteiger partial charge in [0.2, 0.25) is 0 Å². The van der Waals surface area contributed by atoms with E-state index in [4.69, 9.17) is 4.42 Å². The Labute approximate surface area is 199 Å². The second kappa shape index (κ2) is 8.20. The van der Waals surface area contributed by atoms with Gasteiger partial charge in [0, 0.05) is 10.9 Å². The maximum absolute atomic E-state index is 6.05. The average molecular weight is 437 g/mol. The molecule has 0 amide bonds. The summed E-state index contributed by atoms with van der Waals surface area (Å²) in [6.07, 6.45) is 5.83. The van der Waals surface area contributed by atoms with Crippen LogP contribution >= 0.6 is 0 Å². The van der Waals surface area contributed by atoms with Gasteiger partial charge in [-0.15, -0.1) is 0 Å². The molecule has 0 aliphatic heterocycles. The van der Waals surface area contributed by atoms with Crippen LogP contribution in [0, 0.1) is 6.92 Å². The van der Waals surface area contributed by atoms with E-state index in [9.17, 15) is 0 Å². The van der Waals surface area contributed by atoms with Crippen molar-refractivity contribution in [3.63, 3.8) is 0 Å². The largest absolute Gasteiger partial charge is 0.461 e. The van der Waals surface area contributed by atoms with Crippen molar-refractivity contribution in [2.75, 3.05) is 0 Å². The van der Waals surface area contributed by atoms with Gasteiger partial charge in [0.25, 0.3) is 0 Å². The second-order valence-electron chi connectivity index (χ2n) is 8.58. The van der Waals surface area contributed by atoms with Crippen LogP contribution in [0.5, 0.6) is 0 Å². The quantitative estimate of drug-likeness (QED) is 0.198. The van der Waals surface area contributed by atoms with Crippen molar-refractivity contribution < 1.29 is 4.42 Å². The van der Waals surface area contributed by atoms with Crippen LogP contribution in [0.15, 0.2) is 120 Å². The Kier molecular flexibility index (Phi) is 4.89. The normalized spacial score (nSPS) is 11.7. The molecular weight excluding hydrogens is 412 g/mol. The van der Waals surface area contributed by atoms with Gasteiger partial charge in [-0.25, -0.2) is 0 Å². The molecule has 5 aromatic carbocycles. The van der Waals surface area contributed by atoms with Gasteiger partial charge in [0.15, 0.2) is 0 Å². The summed E-state index contributed by atoms with van der Waals surface area (Å²) in [7, 11) is 0. The van der Waals surface area contributed by atoms with Crippen LogP contribution in [0.2, 0.25) is 0 Å². The Morgan fingerprint density at radius 1 is 0.618 bits per heavy atom. The summed E-state index contributed by atoms with van der Waals surface area (Å²) in [4.78, 5) is 0. The van der Waals surface area contributed by atoms with E-state index in [1.165, 1.54) is 43.8 Å². The molecule has 34 heavy (non-hydrogen) atoms. The molecule has 162 valence electrons. The van der Waals surface area contributed by atoms with Crippen LogP contribution in [-0.4, -0.2) is 0 Å². The van der Waals surface area contributed by atoms with Crippen LogP contribution in [0.4, 0.5) is 0 Å². The molecule has 0 unspecified atom stereocenters. The van der Waals surface area contributed by atoms with E-state index in [1.54, 1.807) is 6.08 Å². The zero-order valence-electron chi connectivity index (χ0n) is 19.1. The van der Waals surface area contributed by atoms with Crippen molar-refractivity contribution in [2.45, 2.75) is 6.92 Å². The molecule has 6 rings (SSSR count). The molecule has 0 saturated heterocycles. The molecule has 1 nitrogen and oxygen atoms in total. The maximum Gasteiger partial charge on any atom is 0.134 e. The summed E-state index contributed by atoms with van der Waals surface area (Å²) in [6, 6.07) is 34.7. The van der Waals surface area contributed by atoms with E-state index >= 15 is 0 Å². The number of fused-ring (bicyclic) bond motifs is 3. The third-order valence-electron chi connectivity index (χ3n) is 6.59. The molecular formula is C33H24O. The lowest BCUT2D eigenvalue weighted by Gasteiger charge is -2.17. The molecule has 1 aromatic heterocycles. The molecule has 0 bridgehead atoms. The van der Waals surface area contributed by atoms with Crippen molar-refractivity contribution in [1.29, 1.82) is 0 Å². The van der Waals surface area contributed by atoms with Gasteiger partial charge in [-0.05, 0) is 62.9 Å². The number of hydrogen-bond donors (Lipinski definition) is 0. The van der Waals surface area contributed by atoms with Gasteiger partial charge in [-0.2, -0.15) is 0 Å². The first-order valence-electron chi connectivity index (χ1n) is 11.6. The van der Waals surface area contributed by atoms with Gasteiger partial charge in [-0.3, -0.25) is 0 Å². The summed E-state index contributed by atoms with van der Waals surface area (Å²) in [6.45, 7) is 5.83. The van der Waals surface area contributed by atoms with E-state index < -0.39 is 0 Å². The van der Waals surface area contributed by atoms with Crippen LogP contribution in [0.1, 0.15) is 11.3 Å². The van der Waals surface area contributed by atoms with E-state index in [0.717, 1.165) is 22.3 Å². The minimum absolute atomic E-state index is 0.902. The smallest absolute Gasteiger partial charge is 0.134 e. The Hall–Kier alpha value is -4.36. The van der Waals surface area contributed by atoms with Crippen LogP contribution in [-0.2, 0) is 0 Å². The van der Waals surface area contributed by atoms with Crippen LogP contribution < -0.4 is 0 Å². The van der Waals surface area contributed by atoms with Gasteiger partial charge in [0.05, 0.1) is 0 Å². The van der Waals surface area contributed by atoms with Gasteiger partial charge >= 0.3 is 0 Å². The van der Waals surface area contributed by atoms with Gasteiger partial charge in [0.1, 0.15) is 11.3 Å². The summed E-state index contributed by atoms with van der Waals surface area (Å²) in [5.41, 5.74) is 6.97. The predicted molar refractivity (Wildman–Crippen MR) is 146 cm³/mol. The second-order valence-corrected chi connectivity index (χ2v) is 8.58. The van der Waals surface area contributed by atoms with Crippen LogP contribution in [0.3, 0.4) is 0 Å². The molecule has 0 N–H and O–H groups in total. The monoisotopic (exact) mass is 436 g/mol. The number of allylic oxidation sites excluding steroid dienone is 2. The zero-order chi connectivity index (χ0) is 23.1. The number of aryl methyl sites for hydroxylation is 1. The third-order valence-corrected chi connectivity index (χ3v) is 6.59. The van der Waals surface area contributed by atoms with E-state index in [-0.39, 0.29) is 0 Å². The first kappa shape index (κ1) is 20.3. The van der Waals surface area contributed by atoms with Crippen molar-refractivity contribution in [2.24, 2.45) is 0 Å². The number of benzene rings is 5. The van der Waals surface area contributed by atoms with Gasteiger partial charge < -0.3 is 4.42 Å². The first-order chi connectivity index (χ1) is 16.8. The lowest BCUT2D eigenvalue weighted by molar-refractivity contribution is 0.577. The lowest BCUT2D eigenvalue weighted by atomic mass is 9.86. The average Bonchev–Trinajstić information content (AvgIpc) is 3.20. The summed E-state index contributed by atoms with van der Waals surface area (Å²) in [5.74, 6) is 0.916. The van der Waals surface area contributed by atoms with Gasteiger partial charge in [-0.1, -0.05) is 110 Å². The molecule has 0 spiro atoms. The molecule has 6 aromatic rings. The minimum Gasteiger partial charge on any atom is -0.461 e. The Morgan fingerprint density at radius 3 is 1.76 bits per heavy atom. The fraction of sp³-hybridized carbons (Fsp3) is 0.0303. The molecule has 0 aliphatic carbocycles. The highest BCUT2D eigenvalue weighted by Gasteiger charge is 2.17. The van der Waals surface area contributed by atoms with Crippen molar-refractivity contribution in [3.8, 4) is 22.3 Å². The van der Waals surface area contributed by atoms with E-state index in [2.05, 4.69) is 110 Å². The molecule has 0 fully saturated rings. The molecule has 1 heterocycles. The summed E-state index contributed by atoms with van der Waals surface area (Å²) < 4.78 is 6.05. The highest BCUT2D eigenvalue weighted by Crippen LogP contribution is 2.44. The fourth-order valence-corrected chi connectivity index (χ4v) is 5.12. The highest BCUT2D eigenvalue weighted by atomic mass is 16.3. The standard InChI is InChI=1S/C33H24O/c1-3-4-14-25-22(2)34-31-20-19-24(21-30(25)31)33-28-17-10-8-15-26(28)32(23-12-6-5-7-13-23)27-16-9-11-18-29(27)33/h3-21H,1H2,2H3/b14-4-. The Bertz CT molecular complexity index is 1660. The molecule has 0 saturated carbocycles. The summed E-state index contributed by atoms with van der Waals surface area (Å²) >= 11 is 0. The molecule has 0 atom stereocenters. The molecule has 1 heteroatoms. The fourth-order valence-electron chi connectivity index (χ4n) is 5.12. The number of furan rings is 1. The number of rotatable bonds is 4. The first-order valence-corrected chi connectivity index (χ1v) is 11.6. The number of hydrogen-bond acceptors (Lipinski definition) is 1. The van der Waals surface area contributed by atoms with Crippen molar-refractivity contribution >= 4 is 38.6 Å². The third kappa shape index (κ3) is 3.17. The Morgan fingerprint density at radius 2 is 1.18 bits per heavy atom. The summed E-state index contributed by atoms with van der Waals surface area (Å²) in [5, 5.41) is 6.15. The lowest BCUT2D eigenvalue weighted by Crippen LogP contribution is -1.90. The van der Waals surface area contributed by atoms with Crippen molar-refractivity contribution in [1.82, 2.24) is 0 Å². The van der Waals surface area contributed by atoms with E-state index in [0.29, 0.717) is 0 Å². The Balaban J connectivity index is 1.73. The SMILES string of the molecule is C=C/C=C\c1c(C)oc2ccc(-c3c4ccccc4c(-c4ccccc4)c4ccccc34)cc12. The minimum atomic E-state index is 0.902. The topological polar surface area (TPSA) is 13.1 Å². The highest BCUT2D eigenvalue weighted by molar-refractivity contribution is 6.21. The molecule has 0 aliphatic rings. The zero-order valence-corrected chi connectivity index (χ0v) is 19.1.